The minimum atomic E-state index is -0.457. The first kappa shape index (κ1) is 17.7. The Kier molecular flexibility index (Phi) is 4.94. The van der Waals surface area contributed by atoms with Crippen LogP contribution in [-0.4, -0.2) is 30.9 Å². The van der Waals surface area contributed by atoms with Gasteiger partial charge < -0.3 is 15.0 Å². The summed E-state index contributed by atoms with van der Waals surface area (Å²) in [6.45, 7) is 0.354. The van der Waals surface area contributed by atoms with Gasteiger partial charge in [-0.05, 0) is 55.5 Å². The van der Waals surface area contributed by atoms with Crippen molar-refractivity contribution >= 4 is 40.5 Å². The van der Waals surface area contributed by atoms with Crippen molar-refractivity contribution in [2.75, 3.05) is 23.4 Å². The van der Waals surface area contributed by atoms with Gasteiger partial charge in [0.1, 0.15) is 4.88 Å². The zero-order valence-electron chi connectivity index (χ0n) is 14.8. The summed E-state index contributed by atoms with van der Waals surface area (Å²) in [6, 6.07) is 9.01. The SMILES string of the molecule is O=C(COC(=O)c1cc2c(s1)CCC2)Nc1cccc(N2CCCC2=O)c1. The van der Waals surface area contributed by atoms with Crippen molar-refractivity contribution in [2.24, 2.45) is 0 Å². The first-order valence-electron chi connectivity index (χ1n) is 9.09. The second kappa shape index (κ2) is 7.52. The van der Waals surface area contributed by atoms with E-state index in [2.05, 4.69) is 5.32 Å². The molecule has 0 atom stereocenters. The highest BCUT2D eigenvalue weighted by molar-refractivity contribution is 7.14. The van der Waals surface area contributed by atoms with Gasteiger partial charge in [-0.1, -0.05) is 6.07 Å². The van der Waals surface area contributed by atoms with E-state index >= 15 is 0 Å². The van der Waals surface area contributed by atoms with Crippen LogP contribution in [0.1, 0.15) is 39.4 Å². The average molecular weight is 384 g/mol. The average Bonchev–Trinajstić information content (AvgIpc) is 3.35. The van der Waals surface area contributed by atoms with Crippen molar-refractivity contribution in [1.29, 1.82) is 0 Å². The molecule has 1 aromatic carbocycles. The van der Waals surface area contributed by atoms with Gasteiger partial charge in [-0.2, -0.15) is 0 Å². The van der Waals surface area contributed by atoms with Gasteiger partial charge in [-0.15, -0.1) is 11.3 Å². The van der Waals surface area contributed by atoms with Crippen molar-refractivity contribution < 1.29 is 19.1 Å². The Morgan fingerprint density at radius 2 is 2.04 bits per heavy atom. The van der Waals surface area contributed by atoms with E-state index in [4.69, 9.17) is 4.74 Å². The largest absolute Gasteiger partial charge is 0.451 e. The number of benzene rings is 1. The highest BCUT2D eigenvalue weighted by Gasteiger charge is 2.22. The van der Waals surface area contributed by atoms with E-state index in [1.807, 2.05) is 12.1 Å². The van der Waals surface area contributed by atoms with Crippen LogP contribution in [0.25, 0.3) is 0 Å². The maximum atomic E-state index is 12.1. The van der Waals surface area contributed by atoms with Crippen molar-refractivity contribution in [1.82, 2.24) is 0 Å². The molecular weight excluding hydrogens is 364 g/mol. The minimum absolute atomic E-state index is 0.0928. The zero-order valence-corrected chi connectivity index (χ0v) is 15.6. The van der Waals surface area contributed by atoms with Crippen molar-refractivity contribution in [3.63, 3.8) is 0 Å². The van der Waals surface area contributed by atoms with Gasteiger partial charge in [-0.25, -0.2) is 4.79 Å². The molecule has 2 heterocycles. The summed E-state index contributed by atoms with van der Waals surface area (Å²) >= 11 is 1.46. The summed E-state index contributed by atoms with van der Waals surface area (Å²) in [5.41, 5.74) is 2.56. The van der Waals surface area contributed by atoms with Crippen LogP contribution in [0.15, 0.2) is 30.3 Å². The Morgan fingerprint density at radius 3 is 2.81 bits per heavy atom. The Bertz CT molecular complexity index is 884. The van der Waals surface area contributed by atoms with Gasteiger partial charge in [0.25, 0.3) is 5.91 Å². The van der Waals surface area contributed by atoms with E-state index in [-0.39, 0.29) is 12.5 Å². The third-order valence-electron chi connectivity index (χ3n) is 4.80. The molecule has 1 aliphatic carbocycles. The Hall–Kier alpha value is -2.67. The minimum Gasteiger partial charge on any atom is -0.451 e. The maximum absolute atomic E-state index is 12.1. The van der Waals surface area contributed by atoms with Crippen molar-refractivity contribution in [3.8, 4) is 0 Å². The maximum Gasteiger partial charge on any atom is 0.348 e. The van der Waals surface area contributed by atoms with E-state index in [1.54, 1.807) is 23.1 Å². The summed E-state index contributed by atoms with van der Waals surface area (Å²) in [7, 11) is 0. The molecule has 0 saturated carbocycles. The number of rotatable bonds is 5. The molecule has 27 heavy (non-hydrogen) atoms. The first-order valence-corrected chi connectivity index (χ1v) is 9.91. The highest BCUT2D eigenvalue weighted by Crippen LogP contribution is 2.31. The quantitative estimate of drug-likeness (QED) is 0.804. The van der Waals surface area contributed by atoms with Crippen LogP contribution in [0.4, 0.5) is 11.4 Å². The van der Waals surface area contributed by atoms with Crippen LogP contribution >= 0.6 is 11.3 Å². The monoisotopic (exact) mass is 384 g/mol. The normalized spacial score (nSPS) is 15.7. The van der Waals surface area contributed by atoms with Crippen LogP contribution in [-0.2, 0) is 27.2 Å². The fourth-order valence-corrected chi connectivity index (χ4v) is 4.65. The van der Waals surface area contributed by atoms with E-state index in [0.717, 1.165) is 31.4 Å². The first-order chi connectivity index (χ1) is 13.1. The number of hydrogen-bond acceptors (Lipinski definition) is 5. The Balaban J connectivity index is 1.32. The van der Waals surface area contributed by atoms with E-state index in [9.17, 15) is 14.4 Å². The van der Waals surface area contributed by atoms with Crippen LogP contribution in [0.3, 0.4) is 0 Å². The summed E-state index contributed by atoms with van der Waals surface area (Å²) in [5.74, 6) is -0.770. The van der Waals surface area contributed by atoms with Crippen molar-refractivity contribution in [2.45, 2.75) is 32.1 Å². The molecular formula is C20H20N2O4S. The molecule has 4 rings (SSSR count). The van der Waals surface area contributed by atoms with Gasteiger partial charge in [-0.3, -0.25) is 9.59 Å². The summed E-state index contributed by atoms with van der Waals surface area (Å²) in [5, 5.41) is 2.72. The number of ether oxygens (including phenoxy) is 1. The topological polar surface area (TPSA) is 75.7 Å². The molecule has 1 fully saturated rings. The summed E-state index contributed by atoms with van der Waals surface area (Å²) < 4.78 is 5.14. The molecule has 1 aliphatic heterocycles. The van der Waals surface area contributed by atoms with Gasteiger partial charge in [0.2, 0.25) is 5.91 Å². The Labute approximate surface area is 161 Å². The number of aryl methyl sites for hydroxylation is 2. The lowest BCUT2D eigenvalue weighted by atomic mass is 10.2. The smallest absolute Gasteiger partial charge is 0.348 e. The third-order valence-corrected chi connectivity index (χ3v) is 6.01. The molecule has 1 saturated heterocycles. The van der Waals surface area contributed by atoms with Gasteiger partial charge in [0.05, 0.1) is 0 Å². The number of nitrogens with one attached hydrogen (secondary N) is 1. The molecule has 0 spiro atoms. The van der Waals surface area contributed by atoms with E-state index in [0.29, 0.717) is 23.5 Å². The molecule has 0 bridgehead atoms. The molecule has 0 unspecified atom stereocenters. The standard InChI is InChI=1S/C20H20N2O4S/c23-18(12-26-20(25)17-10-13-4-1-7-16(13)27-17)21-14-5-2-6-15(11-14)22-9-3-8-19(22)24/h2,5-6,10-11H,1,3-4,7-9,12H2,(H,21,23). The lowest BCUT2D eigenvalue weighted by molar-refractivity contribution is -0.119. The van der Waals surface area contributed by atoms with Gasteiger partial charge in [0.15, 0.2) is 6.61 Å². The molecule has 7 heteroatoms. The summed E-state index contributed by atoms with van der Waals surface area (Å²) in [4.78, 5) is 39.6. The number of nitrogens with zero attached hydrogens (tertiary/aromatic N) is 1. The predicted molar refractivity (Wildman–Crippen MR) is 103 cm³/mol. The van der Waals surface area contributed by atoms with E-state index in [1.165, 1.54) is 21.8 Å². The van der Waals surface area contributed by atoms with Gasteiger partial charge >= 0.3 is 5.97 Å². The fraction of sp³-hybridized carbons (Fsp3) is 0.350. The second-order valence-electron chi connectivity index (χ2n) is 6.74. The number of hydrogen-bond donors (Lipinski definition) is 1. The van der Waals surface area contributed by atoms with E-state index < -0.39 is 11.9 Å². The molecule has 2 aromatic rings. The molecule has 2 aliphatic rings. The number of amides is 2. The molecule has 0 radical (unpaired) electrons. The highest BCUT2D eigenvalue weighted by atomic mass is 32.1. The summed E-state index contributed by atoms with van der Waals surface area (Å²) in [6.07, 6.45) is 4.57. The number of anilines is 2. The Morgan fingerprint density at radius 1 is 1.15 bits per heavy atom. The van der Waals surface area contributed by atoms with Crippen LogP contribution < -0.4 is 10.2 Å². The molecule has 1 aromatic heterocycles. The zero-order chi connectivity index (χ0) is 18.8. The fourth-order valence-electron chi connectivity index (χ4n) is 3.50. The number of fused-ring (bicyclic) bond motifs is 1. The lowest BCUT2D eigenvalue weighted by Crippen LogP contribution is -2.24. The number of carbonyl (C=O) groups is 3. The number of esters is 1. The van der Waals surface area contributed by atoms with Crippen LogP contribution in [0.5, 0.6) is 0 Å². The third kappa shape index (κ3) is 3.88. The lowest BCUT2D eigenvalue weighted by Gasteiger charge is -2.16. The van der Waals surface area contributed by atoms with Crippen molar-refractivity contribution in [3.05, 3.63) is 45.6 Å². The predicted octanol–water partition coefficient (Wildman–Crippen LogP) is 3.16. The molecule has 140 valence electrons. The van der Waals surface area contributed by atoms with Crippen LogP contribution in [0, 0.1) is 0 Å². The molecule has 1 N–H and O–H groups in total. The van der Waals surface area contributed by atoms with Crippen LogP contribution in [0.2, 0.25) is 0 Å². The second-order valence-corrected chi connectivity index (χ2v) is 7.87. The molecule has 2 amide bonds. The molecule has 6 nitrogen and oxygen atoms in total. The number of carbonyl (C=O) groups excluding carboxylic acids is 3. The number of thiophene rings is 1. The van der Waals surface area contributed by atoms with Gasteiger partial charge in [0, 0.05) is 29.2 Å².